The summed E-state index contributed by atoms with van der Waals surface area (Å²) in [6.07, 6.45) is 64.7. The van der Waals surface area contributed by atoms with E-state index in [0.717, 1.165) is 121 Å². The van der Waals surface area contributed by atoms with Crippen LogP contribution in [0.5, 0.6) is 0 Å². The maximum absolute atomic E-state index is 13.1. The molecule has 0 saturated heterocycles. The first kappa shape index (κ1) is 95.5. The second kappa shape index (κ2) is 71.5. The van der Waals surface area contributed by atoms with Crippen LogP contribution in [-0.4, -0.2) is 96.7 Å². The number of unbranched alkanes of at least 4 members (excludes halogenated alkanes) is 45. The standard InChI is InChI=1S/C79H150O17P2/c1-6-10-13-16-19-22-24-26-28-29-30-31-32-33-35-37-39-44-49-54-59-64-78(83)96-75(69-90-77(82)63-58-53-48-43-38-36-34-27-25-23-20-17-14-11-7-2)71-94-98(87,88)92-67-73(80)66-91-97(85,86)93-70-74(68-89-76(81)62-57-52-47-21-18-15-12-8-3)95-79(84)65-60-55-50-45-41-40-42-46-51-56-61-72(5)9-4/h23,25,27,34,72-75,80H,6-22,24,26,28-33,35-71H2,1-5H3,(H,85,86)(H,87,88)/b25-23-,34-27-/t72?,73-,74+,75+/m0/s1. The Labute approximate surface area is 599 Å². The molecule has 3 unspecified atom stereocenters. The second-order valence-corrected chi connectivity index (χ2v) is 30.9. The number of hydrogen-bond acceptors (Lipinski definition) is 15. The summed E-state index contributed by atoms with van der Waals surface area (Å²) in [5.41, 5.74) is 0. The molecule has 0 aliphatic heterocycles. The van der Waals surface area contributed by atoms with Gasteiger partial charge in [-0.25, -0.2) is 9.13 Å². The first-order chi connectivity index (χ1) is 47.6. The molecule has 0 aromatic heterocycles. The van der Waals surface area contributed by atoms with Crippen LogP contribution in [0, 0.1) is 5.92 Å². The molecule has 0 heterocycles. The normalized spacial score (nSPS) is 14.3. The fraction of sp³-hybridized carbons (Fsp3) is 0.899. The predicted octanol–water partition coefficient (Wildman–Crippen LogP) is 23.2. The number of ether oxygens (including phenoxy) is 4. The van der Waals surface area contributed by atoms with Gasteiger partial charge in [0.1, 0.15) is 19.3 Å². The highest BCUT2D eigenvalue weighted by molar-refractivity contribution is 7.47. The van der Waals surface area contributed by atoms with Gasteiger partial charge >= 0.3 is 39.5 Å². The van der Waals surface area contributed by atoms with E-state index < -0.39 is 97.5 Å². The zero-order valence-corrected chi connectivity index (χ0v) is 65.2. The van der Waals surface area contributed by atoms with Crippen molar-refractivity contribution in [3.05, 3.63) is 24.3 Å². The topological polar surface area (TPSA) is 237 Å². The van der Waals surface area contributed by atoms with Crippen molar-refractivity contribution < 1.29 is 80.2 Å². The Morgan fingerprint density at radius 3 is 0.867 bits per heavy atom. The Kier molecular flexibility index (Phi) is 69.7. The molecular formula is C79H150O17P2. The molecule has 3 N–H and O–H groups in total. The van der Waals surface area contributed by atoms with E-state index in [2.05, 4.69) is 58.9 Å². The van der Waals surface area contributed by atoms with Crippen LogP contribution in [0.25, 0.3) is 0 Å². The largest absolute Gasteiger partial charge is 0.472 e. The molecule has 0 amide bonds. The number of esters is 4. The minimum Gasteiger partial charge on any atom is -0.462 e. The fourth-order valence-electron chi connectivity index (χ4n) is 11.7. The molecule has 578 valence electrons. The van der Waals surface area contributed by atoms with Gasteiger partial charge in [-0.05, 0) is 57.3 Å². The lowest BCUT2D eigenvalue weighted by Crippen LogP contribution is -2.30. The molecule has 0 rings (SSSR count). The average molecular weight is 1430 g/mol. The van der Waals surface area contributed by atoms with E-state index in [1.807, 2.05) is 0 Å². The van der Waals surface area contributed by atoms with Crippen molar-refractivity contribution in [2.24, 2.45) is 5.92 Å². The molecule has 0 bridgehead atoms. The van der Waals surface area contributed by atoms with E-state index in [-0.39, 0.29) is 25.7 Å². The third kappa shape index (κ3) is 70.6. The number of aliphatic hydroxyl groups is 1. The zero-order chi connectivity index (χ0) is 71.9. The van der Waals surface area contributed by atoms with Crippen LogP contribution in [0.2, 0.25) is 0 Å². The summed E-state index contributed by atoms with van der Waals surface area (Å²) in [5.74, 6) is -1.34. The number of aliphatic hydroxyl groups excluding tert-OH is 1. The maximum atomic E-state index is 13.1. The van der Waals surface area contributed by atoms with Gasteiger partial charge in [-0.3, -0.25) is 37.3 Å². The maximum Gasteiger partial charge on any atom is 0.472 e. The summed E-state index contributed by atoms with van der Waals surface area (Å²) >= 11 is 0. The van der Waals surface area contributed by atoms with Gasteiger partial charge < -0.3 is 33.8 Å². The summed E-state index contributed by atoms with van der Waals surface area (Å²) in [6.45, 7) is 7.24. The zero-order valence-electron chi connectivity index (χ0n) is 63.4. The number of allylic oxidation sites excluding steroid dienone is 4. The van der Waals surface area contributed by atoms with E-state index >= 15 is 0 Å². The molecule has 0 aliphatic carbocycles. The van der Waals surface area contributed by atoms with Crippen molar-refractivity contribution >= 4 is 39.5 Å². The monoisotopic (exact) mass is 1430 g/mol. The third-order valence-corrected chi connectivity index (χ3v) is 20.2. The molecule has 0 aromatic rings. The number of rotatable bonds is 77. The van der Waals surface area contributed by atoms with Gasteiger partial charge in [0.05, 0.1) is 26.4 Å². The van der Waals surface area contributed by atoms with Gasteiger partial charge in [-0.15, -0.1) is 0 Å². The highest BCUT2D eigenvalue weighted by atomic mass is 31.2. The van der Waals surface area contributed by atoms with Gasteiger partial charge in [-0.1, -0.05) is 341 Å². The smallest absolute Gasteiger partial charge is 0.462 e. The van der Waals surface area contributed by atoms with E-state index in [4.69, 9.17) is 37.0 Å². The molecule has 0 radical (unpaired) electrons. The summed E-state index contributed by atoms with van der Waals surface area (Å²) in [5, 5.41) is 10.6. The average Bonchev–Trinajstić information content (AvgIpc) is 1.03. The van der Waals surface area contributed by atoms with Crippen molar-refractivity contribution in [2.45, 2.75) is 412 Å². The quantitative estimate of drug-likeness (QED) is 0.0169. The van der Waals surface area contributed by atoms with Crippen molar-refractivity contribution in [1.82, 2.24) is 0 Å². The minimum atomic E-state index is -4.97. The molecule has 19 heteroatoms. The lowest BCUT2D eigenvalue weighted by Gasteiger charge is -2.21. The van der Waals surface area contributed by atoms with E-state index in [9.17, 15) is 43.2 Å². The lowest BCUT2D eigenvalue weighted by atomic mass is 9.99. The Bertz CT molecular complexity index is 1970. The van der Waals surface area contributed by atoms with Crippen LogP contribution in [-0.2, 0) is 65.4 Å². The van der Waals surface area contributed by atoms with Gasteiger partial charge in [-0.2, -0.15) is 0 Å². The molecule has 17 nitrogen and oxygen atoms in total. The van der Waals surface area contributed by atoms with Crippen LogP contribution >= 0.6 is 15.6 Å². The number of hydrogen-bond donors (Lipinski definition) is 3. The lowest BCUT2D eigenvalue weighted by molar-refractivity contribution is -0.161. The van der Waals surface area contributed by atoms with Crippen LogP contribution in [0.1, 0.15) is 394 Å². The van der Waals surface area contributed by atoms with Crippen LogP contribution in [0.15, 0.2) is 24.3 Å². The summed E-state index contributed by atoms with van der Waals surface area (Å²) in [6, 6.07) is 0. The Morgan fingerprint density at radius 1 is 0.327 bits per heavy atom. The second-order valence-electron chi connectivity index (χ2n) is 28.0. The van der Waals surface area contributed by atoms with Crippen molar-refractivity contribution in [2.75, 3.05) is 39.6 Å². The third-order valence-electron chi connectivity index (χ3n) is 18.3. The molecular weight excluding hydrogens is 1280 g/mol. The highest BCUT2D eigenvalue weighted by Gasteiger charge is 2.30. The van der Waals surface area contributed by atoms with Crippen molar-refractivity contribution in [3.8, 4) is 0 Å². The molecule has 0 aromatic carbocycles. The Hall–Kier alpha value is -2.46. The number of phosphoric ester groups is 2. The van der Waals surface area contributed by atoms with Crippen LogP contribution in [0.3, 0.4) is 0 Å². The fourth-order valence-corrected chi connectivity index (χ4v) is 13.2. The van der Waals surface area contributed by atoms with Crippen LogP contribution < -0.4 is 0 Å². The molecule has 98 heavy (non-hydrogen) atoms. The van der Waals surface area contributed by atoms with Gasteiger partial charge in [0, 0.05) is 25.7 Å². The molecule has 0 saturated carbocycles. The number of carbonyl (C=O) groups excluding carboxylic acids is 4. The highest BCUT2D eigenvalue weighted by Crippen LogP contribution is 2.45. The van der Waals surface area contributed by atoms with Crippen LogP contribution in [0.4, 0.5) is 0 Å². The molecule has 6 atom stereocenters. The summed E-state index contributed by atoms with van der Waals surface area (Å²) < 4.78 is 68.5. The molecule has 0 spiro atoms. The number of carbonyl (C=O) groups is 4. The predicted molar refractivity (Wildman–Crippen MR) is 400 cm³/mol. The van der Waals surface area contributed by atoms with E-state index in [1.54, 1.807) is 0 Å². The van der Waals surface area contributed by atoms with E-state index in [0.29, 0.717) is 25.7 Å². The first-order valence-corrected chi connectivity index (χ1v) is 43.5. The molecule has 0 aliphatic rings. The SMILES string of the molecule is CCCCCC/C=C\C=C/CCCCCCCC(=O)OC[C@H](COP(=O)(O)OC[C@@H](O)COP(=O)(O)OC[C@@H](COC(=O)CCCCCCCCCC)OC(=O)CCCCCCCCCCCCC(C)CC)OC(=O)CCCCCCCCCCCCCCCCCCCCCCC. The van der Waals surface area contributed by atoms with Crippen molar-refractivity contribution in [3.63, 3.8) is 0 Å². The first-order valence-electron chi connectivity index (χ1n) is 40.5. The Morgan fingerprint density at radius 2 is 0.571 bits per heavy atom. The molecule has 0 fully saturated rings. The van der Waals surface area contributed by atoms with Gasteiger partial charge in [0.2, 0.25) is 0 Å². The van der Waals surface area contributed by atoms with E-state index in [1.165, 1.54) is 193 Å². The summed E-state index contributed by atoms with van der Waals surface area (Å²) in [4.78, 5) is 72.8. The Balaban J connectivity index is 5.22. The minimum absolute atomic E-state index is 0.102. The summed E-state index contributed by atoms with van der Waals surface area (Å²) in [7, 11) is -9.92. The number of phosphoric acid groups is 2. The van der Waals surface area contributed by atoms with Gasteiger partial charge in [0.25, 0.3) is 0 Å². The van der Waals surface area contributed by atoms with Gasteiger partial charge in [0.15, 0.2) is 12.2 Å². The van der Waals surface area contributed by atoms with Crippen molar-refractivity contribution in [1.29, 1.82) is 0 Å².